The fourth-order valence-electron chi connectivity index (χ4n) is 7.84. The summed E-state index contributed by atoms with van der Waals surface area (Å²) in [7, 11) is 0. The highest BCUT2D eigenvalue weighted by Gasteiger charge is 2.55. The number of amides is 2. The van der Waals surface area contributed by atoms with Crippen LogP contribution in [-0.2, 0) is 16.1 Å². The molecule has 182 valence electrons. The highest BCUT2D eigenvalue weighted by atomic mass is 16.3. The van der Waals surface area contributed by atoms with Crippen molar-refractivity contribution in [1.82, 2.24) is 19.4 Å². The molecule has 8 nitrogen and oxygen atoms in total. The lowest BCUT2D eigenvalue weighted by molar-refractivity contribution is -0.160. The lowest BCUT2D eigenvalue weighted by Crippen LogP contribution is -2.58. The van der Waals surface area contributed by atoms with Crippen LogP contribution in [0.3, 0.4) is 0 Å². The van der Waals surface area contributed by atoms with Gasteiger partial charge in [-0.1, -0.05) is 12.1 Å². The van der Waals surface area contributed by atoms with E-state index in [0.717, 1.165) is 42.4 Å². The van der Waals surface area contributed by atoms with E-state index in [9.17, 15) is 14.4 Å². The molecular weight excluding hydrogens is 444 g/mol. The predicted molar refractivity (Wildman–Crippen MR) is 130 cm³/mol. The van der Waals surface area contributed by atoms with Crippen LogP contribution in [0.15, 0.2) is 39.8 Å². The first-order valence-electron chi connectivity index (χ1n) is 12.9. The maximum absolute atomic E-state index is 13.6. The minimum atomic E-state index is -0.352. The van der Waals surface area contributed by atoms with Gasteiger partial charge in [-0.05, 0) is 68.4 Å². The van der Waals surface area contributed by atoms with Crippen LogP contribution in [0.2, 0.25) is 0 Å². The summed E-state index contributed by atoms with van der Waals surface area (Å²) in [5, 5.41) is 0.790. The summed E-state index contributed by atoms with van der Waals surface area (Å²) in [5.41, 5.74) is 0.812. The molecule has 0 N–H and O–H groups in total. The van der Waals surface area contributed by atoms with Crippen LogP contribution >= 0.6 is 0 Å². The van der Waals surface area contributed by atoms with Gasteiger partial charge in [-0.3, -0.25) is 19.0 Å². The van der Waals surface area contributed by atoms with Crippen LogP contribution in [0.25, 0.3) is 22.1 Å². The predicted octanol–water partition coefficient (Wildman–Crippen LogP) is 3.03. The van der Waals surface area contributed by atoms with E-state index in [2.05, 4.69) is 4.98 Å². The van der Waals surface area contributed by atoms with Gasteiger partial charge in [0, 0.05) is 31.6 Å². The SMILES string of the molecule is O=C(Cn1cnc2c(oc3ccccc32)c1=O)N1CCN(C(=O)C23CC4CC(CC(C4)C2)C3)CC1. The molecule has 2 amide bonds. The maximum Gasteiger partial charge on any atom is 0.297 e. The molecular formula is C27H30N4O4. The second-order valence-corrected chi connectivity index (χ2v) is 11.3. The molecule has 2 aromatic heterocycles. The molecule has 3 aromatic rings. The van der Waals surface area contributed by atoms with Crippen LogP contribution in [0.1, 0.15) is 38.5 Å². The Kier molecular flexibility index (Phi) is 4.63. The minimum Gasteiger partial charge on any atom is -0.448 e. The Morgan fingerprint density at radius 2 is 1.57 bits per heavy atom. The summed E-state index contributed by atoms with van der Waals surface area (Å²) < 4.78 is 7.05. The average molecular weight is 475 g/mol. The Morgan fingerprint density at radius 3 is 2.26 bits per heavy atom. The molecule has 8 rings (SSSR count). The number of carbonyl (C=O) groups is 2. The Morgan fingerprint density at radius 1 is 0.943 bits per heavy atom. The molecule has 4 saturated carbocycles. The number of aromatic nitrogens is 2. The van der Waals surface area contributed by atoms with Crippen molar-refractivity contribution in [2.24, 2.45) is 23.2 Å². The zero-order valence-corrected chi connectivity index (χ0v) is 19.8. The van der Waals surface area contributed by atoms with Gasteiger partial charge in [0.2, 0.25) is 17.4 Å². The van der Waals surface area contributed by atoms with E-state index < -0.39 is 0 Å². The molecule has 35 heavy (non-hydrogen) atoms. The first-order chi connectivity index (χ1) is 17.0. The van der Waals surface area contributed by atoms with Gasteiger partial charge in [0.25, 0.3) is 5.56 Å². The highest BCUT2D eigenvalue weighted by molar-refractivity contribution is 6.01. The molecule has 4 bridgehead atoms. The Balaban J connectivity index is 1.03. The molecule has 1 saturated heterocycles. The second-order valence-electron chi connectivity index (χ2n) is 11.3. The molecule has 0 unspecified atom stereocenters. The number of nitrogens with zero attached hydrogens (tertiary/aromatic N) is 4. The van der Waals surface area contributed by atoms with E-state index in [0.29, 0.717) is 43.2 Å². The molecule has 5 fully saturated rings. The minimum absolute atomic E-state index is 0.0816. The second kappa shape index (κ2) is 7.67. The van der Waals surface area contributed by atoms with Crippen molar-refractivity contribution in [1.29, 1.82) is 0 Å². The first-order valence-corrected chi connectivity index (χ1v) is 12.9. The lowest BCUT2D eigenvalue weighted by Gasteiger charge is -2.57. The summed E-state index contributed by atoms with van der Waals surface area (Å²) in [6.07, 6.45) is 8.59. The molecule has 4 aliphatic carbocycles. The zero-order chi connectivity index (χ0) is 23.7. The van der Waals surface area contributed by atoms with Gasteiger partial charge in [0.15, 0.2) is 0 Å². The van der Waals surface area contributed by atoms with Crippen molar-refractivity contribution in [2.75, 3.05) is 26.2 Å². The average Bonchev–Trinajstić information content (AvgIpc) is 3.24. The number of hydrogen-bond acceptors (Lipinski definition) is 5. The smallest absolute Gasteiger partial charge is 0.297 e. The lowest BCUT2D eigenvalue weighted by atomic mass is 9.49. The van der Waals surface area contributed by atoms with Crippen molar-refractivity contribution in [3.63, 3.8) is 0 Å². The van der Waals surface area contributed by atoms with Crippen LogP contribution < -0.4 is 5.56 Å². The van der Waals surface area contributed by atoms with E-state index in [1.165, 1.54) is 30.2 Å². The Bertz CT molecular complexity index is 1360. The summed E-state index contributed by atoms with van der Waals surface area (Å²) in [5.74, 6) is 2.42. The van der Waals surface area contributed by atoms with E-state index in [1.807, 2.05) is 23.1 Å². The summed E-state index contributed by atoms with van der Waals surface area (Å²) in [6.45, 7) is 2.07. The molecule has 5 aliphatic rings. The number of furan rings is 1. The molecule has 8 heteroatoms. The molecule has 0 radical (unpaired) electrons. The Hall–Kier alpha value is -3.16. The monoisotopic (exact) mass is 474 g/mol. The maximum atomic E-state index is 13.6. The quantitative estimate of drug-likeness (QED) is 0.582. The molecule has 1 aliphatic heterocycles. The number of carbonyl (C=O) groups excluding carboxylic acids is 2. The third-order valence-corrected chi connectivity index (χ3v) is 9.07. The number of rotatable bonds is 3. The van der Waals surface area contributed by atoms with E-state index in [-0.39, 0.29) is 29.0 Å². The Labute approximate surface area is 202 Å². The number of hydrogen-bond donors (Lipinski definition) is 0. The normalized spacial score (nSPS) is 29.9. The zero-order valence-electron chi connectivity index (χ0n) is 19.8. The van der Waals surface area contributed by atoms with Gasteiger partial charge in [-0.2, -0.15) is 0 Å². The fourth-order valence-corrected chi connectivity index (χ4v) is 7.84. The molecule has 0 spiro atoms. The van der Waals surface area contributed by atoms with E-state index >= 15 is 0 Å². The molecule has 0 atom stereocenters. The van der Waals surface area contributed by atoms with Crippen LogP contribution in [0, 0.1) is 23.2 Å². The number of piperazine rings is 1. The summed E-state index contributed by atoms with van der Waals surface area (Å²) in [6, 6.07) is 7.39. The highest BCUT2D eigenvalue weighted by Crippen LogP contribution is 2.60. The molecule has 3 heterocycles. The summed E-state index contributed by atoms with van der Waals surface area (Å²) in [4.78, 5) is 47.8. The van der Waals surface area contributed by atoms with Crippen molar-refractivity contribution in [2.45, 2.75) is 45.1 Å². The van der Waals surface area contributed by atoms with Gasteiger partial charge in [0.1, 0.15) is 17.6 Å². The largest absolute Gasteiger partial charge is 0.448 e. The van der Waals surface area contributed by atoms with Gasteiger partial charge in [0.05, 0.1) is 11.7 Å². The van der Waals surface area contributed by atoms with Crippen molar-refractivity contribution in [3.8, 4) is 0 Å². The standard InChI is InChI=1S/C27H30N4O4/c32-22(15-31-16-28-23-20-3-1-2-4-21(20)35-24(23)25(31)33)29-5-7-30(8-6-29)26(34)27-12-17-9-18(13-27)11-19(10-17)14-27/h1-4,16-19H,5-15H2. The number of benzene rings is 1. The first kappa shape index (κ1) is 21.1. The van der Waals surface area contributed by atoms with Gasteiger partial charge >= 0.3 is 0 Å². The molecule has 1 aromatic carbocycles. The van der Waals surface area contributed by atoms with Crippen LogP contribution in [0.4, 0.5) is 0 Å². The van der Waals surface area contributed by atoms with Crippen LogP contribution in [-0.4, -0.2) is 57.3 Å². The summed E-state index contributed by atoms with van der Waals surface area (Å²) >= 11 is 0. The number of para-hydroxylation sites is 1. The fraction of sp³-hybridized carbons (Fsp3) is 0.556. The topological polar surface area (TPSA) is 88.6 Å². The van der Waals surface area contributed by atoms with Gasteiger partial charge in [-0.25, -0.2) is 4.98 Å². The van der Waals surface area contributed by atoms with Crippen molar-refractivity contribution < 1.29 is 14.0 Å². The van der Waals surface area contributed by atoms with Gasteiger partial charge < -0.3 is 14.2 Å². The van der Waals surface area contributed by atoms with Crippen LogP contribution in [0.5, 0.6) is 0 Å². The third kappa shape index (κ3) is 3.32. The van der Waals surface area contributed by atoms with E-state index in [1.54, 1.807) is 11.0 Å². The van der Waals surface area contributed by atoms with E-state index in [4.69, 9.17) is 4.42 Å². The number of fused-ring (bicyclic) bond motifs is 3. The van der Waals surface area contributed by atoms with Crippen molar-refractivity contribution in [3.05, 3.63) is 40.9 Å². The van der Waals surface area contributed by atoms with Gasteiger partial charge in [-0.15, -0.1) is 0 Å². The van der Waals surface area contributed by atoms with Crippen molar-refractivity contribution >= 4 is 33.9 Å². The third-order valence-electron chi connectivity index (χ3n) is 9.07.